The maximum atomic E-state index is 11.2. The van der Waals surface area contributed by atoms with Crippen LogP contribution in [0.2, 0.25) is 0 Å². The second kappa shape index (κ2) is 8.68. The Morgan fingerprint density at radius 1 is 1.20 bits per heavy atom. The van der Waals surface area contributed by atoms with Crippen LogP contribution in [-0.4, -0.2) is 37.9 Å². The molecule has 0 aromatic rings. The molecule has 0 radical (unpaired) electrons. The molecule has 0 aliphatic heterocycles. The van der Waals surface area contributed by atoms with Gasteiger partial charge in [-0.15, -0.1) is 0 Å². The van der Waals surface area contributed by atoms with Gasteiger partial charge in [0.05, 0.1) is 19.6 Å². The molecule has 0 amide bonds. The van der Waals surface area contributed by atoms with Crippen molar-refractivity contribution in [1.29, 1.82) is 0 Å². The molecule has 0 heterocycles. The van der Waals surface area contributed by atoms with E-state index in [-0.39, 0.29) is 18.1 Å². The number of carbonyl (C=O) groups is 1. The topological polar surface area (TPSA) is 47.6 Å². The average Bonchev–Trinajstić information content (AvgIpc) is 2.14. The summed E-state index contributed by atoms with van der Waals surface area (Å²) in [5, 5.41) is 3.28. The standard InChI is InChI=1S/C11H23NO3/c1-5-14-8-10(4)12-9(3)7-11(13)15-6-2/h9-10,12H,5-8H2,1-4H3. The van der Waals surface area contributed by atoms with E-state index in [1.165, 1.54) is 0 Å². The second-order valence-corrected chi connectivity index (χ2v) is 3.64. The van der Waals surface area contributed by atoms with E-state index in [4.69, 9.17) is 9.47 Å². The van der Waals surface area contributed by atoms with Gasteiger partial charge in [0.25, 0.3) is 0 Å². The van der Waals surface area contributed by atoms with E-state index in [9.17, 15) is 4.79 Å². The summed E-state index contributed by atoms with van der Waals surface area (Å²) in [5.74, 6) is -0.152. The van der Waals surface area contributed by atoms with Gasteiger partial charge in [-0.3, -0.25) is 4.79 Å². The second-order valence-electron chi connectivity index (χ2n) is 3.64. The van der Waals surface area contributed by atoms with Crippen molar-refractivity contribution in [3.05, 3.63) is 0 Å². The molecule has 4 heteroatoms. The van der Waals surface area contributed by atoms with Crippen molar-refractivity contribution < 1.29 is 14.3 Å². The van der Waals surface area contributed by atoms with Crippen LogP contribution in [0.25, 0.3) is 0 Å². The molecular formula is C11H23NO3. The van der Waals surface area contributed by atoms with Crippen LogP contribution in [0.15, 0.2) is 0 Å². The van der Waals surface area contributed by atoms with E-state index >= 15 is 0 Å². The lowest BCUT2D eigenvalue weighted by atomic mass is 10.2. The number of rotatable bonds is 8. The zero-order chi connectivity index (χ0) is 11.7. The van der Waals surface area contributed by atoms with Crippen LogP contribution in [-0.2, 0) is 14.3 Å². The number of nitrogens with one attached hydrogen (secondary N) is 1. The monoisotopic (exact) mass is 217 g/mol. The zero-order valence-corrected chi connectivity index (χ0v) is 10.2. The first-order chi connectivity index (χ1) is 7.10. The molecule has 0 spiro atoms. The Morgan fingerprint density at radius 2 is 1.87 bits per heavy atom. The molecule has 2 unspecified atom stereocenters. The van der Waals surface area contributed by atoms with Gasteiger partial charge in [0.15, 0.2) is 0 Å². The first-order valence-electron chi connectivity index (χ1n) is 5.59. The lowest BCUT2D eigenvalue weighted by Gasteiger charge is -2.19. The van der Waals surface area contributed by atoms with Crippen molar-refractivity contribution in [2.24, 2.45) is 0 Å². The third kappa shape index (κ3) is 8.39. The summed E-state index contributed by atoms with van der Waals surface area (Å²) < 4.78 is 10.1. The van der Waals surface area contributed by atoms with Crippen molar-refractivity contribution in [1.82, 2.24) is 5.32 Å². The van der Waals surface area contributed by atoms with Crippen molar-refractivity contribution >= 4 is 5.97 Å². The SMILES string of the molecule is CCOCC(C)NC(C)CC(=O)OCC. The third-order valence-electron chi connectivity index (χ3n) is 1.92. The van der Waals surface area contributed by atoms with Crippen LogP contribution in [0.1, 0.15) is 34.1 Å². The van der Waals surface area contributed by atoms with Crippen LogP contribution in [0.5, 0.6) is 0 Å². The minimum atomic E-state index is -0.152. The molecule has 0 aromatic heterocycles. The summed E-state index contributed by atoms with van der Waals surface area (Å²) in [4.78, 5) is 11.2. The number of esters is 1. The molecule has 0 saturated heterocycles. The lowest BCUT2D eigenvalue weighted by molar-refractivity contribution is -0.143. The van der Waals surface area contributed by atoms with Gasteiger partial charge in [0, 0.05) is 18.7 Å². The molecule has 4 nitrogen and oxygen atoms in total. The maximum absolute atomic E-state index is 11.2. The van der Waals surface area contributed by atoms with Gasteiger partial charge in [0.1, 0.15) is 0 Å². The zero-order valence-electron chi connectivity index (χ0n) is 10.2. The van der Waals surface area contributed by atoms with E-state index in [0.29, 0.717) is 19.6 Å². The predicted octanol–water partition coefficient (Wildman–Crippen LogP) is 1.34. The third-order valence-corrected chi connectivity index (χ3v) is 1.92. The highest BCUT2D eigenvalue weighted by atomic mass is 16.5. The van der Waals surface area contributed by atoms with Gasteiger partial charge in [-0.2, -0.15) is 0 Å². The fraction of sp³-hybridized carbons (Fsp3) is 0.909. The summed E-state index contributed by atoms with van der Waals surface area (Å²) in [7, 11) is 0. The van der Waals surface area contributed by atoms with E-state index in [2.05, 4.69) is 5.32 Å². The first kappa shape index (κ1) is 14.4. The number of hydrogen-bond acceptors (Lipinski definition) is 4. The summed E-state index contributed by atoms with van der Waals surface area (Å²) in [6.45, 7) is 9.63. The van der Waals surface area contributed by atoms with E-state index in [1.54, 1.807) is 0 Å². The molecule has 0 bridgehead atoms. The highest BCUT2D eigenvalue weighted by molar-refractivity contribution is 5.69. The minimum absolute atomic E-state index is 0.125. The van der Waals surface area contributed by atoms with Crippen LogP contribution in [0.3, 0.4) is 0 Å². The van der Waals surface area contributed by atoms with Gasteiger partial charge in [-0.25, -0.2) is 0 Å². The average molecular weight is 217 g/mol. The summed E-state index contributed by atoms with van der Waals surface area (Å²) in [5.41, 5.74) is 0. The van der Waals surface area contributed by atoms with Gasteiger partial charge >= 0.3 is 5.97 Å². The Bertz CT molecular complexity index is 173. The molecule has 0 fully saturated rings. The lowest BCUT2D eigenvalue weighted by Crippen LogP contribution is -2.38. The molecule has 0 aliphatic rings. The molecule has 90 valence electrons. The van der Waals surface area contributed by atoms with E-state index in [0.717, 1.165) is 6.61 Å². The summed E-state index contributed by atoms with van der Waals surface area (Å²) >= 11 is 0. The minimum Gasteiger partial charge on any atom is -0.466 e. The molecular weight excluding hydrogens is 194 g/mol. The molecule has 0 aromatic carbocycles. The van der Waals surface area contributed by atoms with Crippen LogP contribution in [0.4, 0.5) is 0 Å². The number of carbonyl (C=O) groups excluding carboxylic acids is 1. The Kier molecular flexibility index (Phi) is 8.33. The quantitative estimate of drug-likeness (QED) is 0.623. The fourth-order valence-corrected chi connectivity index (χ4v) is 1.36. The fourth-order valence-electron chi connectivity index (χ4n) is 1.36. The maximum Gasteiger partial charge on any atom is 0.307 e. The number of hydrogen-bond donors (Lipinski definition) is 1. The van der Waals surface area contributed by atoms with Crippen LogP contribution >= 0.6 is 0 Å². The highest BCUT2D eigenvalue weighted by Gasteiger charge is 2.12. The van der Waals surface area contributed by atoms with E-state index in [1.807, 2.05) is 27.7 Å². The Morgan fingerprint density at radius 3 is 2.40 bits per heavy atom. The molecule has 0 saturated carbocycles. The molecule has 0 aliphatic carbocycles. The molecule has 15 heavy (non-hydrogen) atoms. The van der Waals surface area contributed by atoms with Gasteiger partial charge in [0.2, 0.25) is 0 Å². The highest BCUT2D eigenvalue weighted by Crippen LogP contribution is 1.96. The van der Waals surface area contributed by atoms with Gasteiger partial charge in [-0.1, -0.05) is 0 Å². The largest absolute Gasteiger partial charge is 0.466 e. The van der Waals surface area contributed by atoms with Crippen molar-refractivity contribution in [2.75, 3.05) is 19.8 Å². The molecule has 0 rings (SSSR count). The first-order valence-corrected chi connectivity index (χ1v) is 5.59. The van der Waals surface area contributed by atoms with Crippen LogP contribution in [0, 0.1) is 0 Å². The normalized spacial score (nSPS) is 14.7. The Balaban J connectivity index is 3.62. The summed E-state index contributed by atoms with van der Waals surface area (Å²) in [6, 6.07) is 0.383. The van der Waals surface area contributed by atoms with Crippen molar-refractivity contribution in [3.8, 4) is 0 Å². The van der Waals surface area contributed by atoms with Gasteiger partial charge < -0.3 is 14.8 Å². The van der Waals surface area contributed by atoms with Crippen LogP contribution < -0.4 is 5.32 Å². The Hall–Kier alpha value is -0.610. The van der Waals surface area contributed by atoms with Crippen molar-refractivity contribution in [3.63, 3.8) is 0 Å². The number of ether oxygens (including phenoxy) is 2. The summed E-state index contributed by atoms with van der Waals surface area (Å²) in [6.07, 6.45) is 0.407. The molecule has 2 atom stereocenters. The molecule has 1 N–H and O–H groups in total. The Labute approximate surface area is 92.3 Å². The predicted molar refractivity (Wildman–Crippen MR) is 59.8 cm³/mol. The van der Waals surface area contributed by atoms with Gasteiger partial charge in [-0.05, 0) is 27.7 Å². The van der Waals surface area contributed by atoms with Crippen molar-refractivity contribution in [2.45, 2.75) is 46.2 Å². The van der Waals surface area contributed by atoms with E-state index < -0.39 is 0 Å². The smallest absolute Gasteiger partial charge is 0.307 e.